The third-order valence-corrected chi connectivity index (χ3v) is 4.15. The molecule has 1 N–H and O–H groups in total. The predicted molar refractivity (Wildman–Crippen MR) is 78.0 cm³/mol. The maximum absolute atomic E-state index is 12.1. The molecule has 1 aromatic carbocycles. The Bertz CT molecular complexity index is 619. The molecule has 0 aliphatic carbocycles. The molecule has 100 valence electrons. The Morgan fingerprint density at radius 2 is 2.16 bits per heavy atom. The average Bonchev–Trinajstić information content (AvgIpc) is 2.70. The van der Waals surface area contributed by atoms with Gasteiger partial charge in [-0.2, -0.15) is 5.10 Å². The van der Waals surface area contributed by atoms with E-state index in [1.807, 2.05) is 39.1 Å². The Morgan fingerprint density at radius 1 is 1.42 bits per heavy atom. The van der Waals surface area contributed by atoms with E-state index in [1.165, 1.54) is 0 Å². The van der Waals surface area contributed by atoms with Crippen molar-refractivity contribution in [3.05, 3.63) is 51.3 Å². The zero-order chi connectivity index (χ0) is 14.0. The minimum Gasteiger partial charge on any atom is -0.348 e. The molecule has 5 heteroatoms. The summed E-state index contributed by atoms with van der Waals surface area (Å²) in [5.74, 6) is -0.0675. The van der Waals surface area contributed by atoms with Crippen molar-refractivity contribution in [2.24, 2.45) is 7.05 Å². The Kier molecular flexibility index (Phi) is 4.04. The molecule has 0 spiro atoms. The van der Waals surface area contributed by atoms with E-state index < -0.39 is 0 Å². The molecular formula is C14H16BrN3O. The Hall–Kier alpha value is -1.62. The molecule has 1 aromatic heterocycles. The number of nitrogens with one attached hydrogen (secondary N) is 1. The second-order valence-electron chi connectivity index (χ2n) is 4.47. The van der Waals surface area contributed by atoms with Crippen LogP contribution in [0.4, 0.5) is 0 Å². The van der Waals surface area contributed by atoms with Gasteiger partial charge in [-0.15, -0.1) is 0 Å². The van der Waals surface area contributed by atoms with Gasteiger partial charge >= 0.3 is 0 Å². The van der Waals surface area contributed by atoms with Crippen molar-refractivity contribution in [1.29, 1.82) is 0 Å². The smallest absolute Gasteiger partial charge is 0.251 e. The number of nitrogens with zero attached hydrogens (tertiary/aromatic N) is 2. The summed E-state index contributed by atoms with van der Waals surface area (Å²) in [6.45, 7) is 4.40. The van der Waals surface area contributed by atoms with Crippen LogP contribution in [0.15, 0.2) is 28.9 Å². The lowest BCUT2D eigenvalue weighted by molar-refractivity contribution is 0.0950. The first-order valence-electron chi connectivity index (χ1n) is 6.01. The fourth-order valence-electron chi connectivity index (χ4n) is 1.84. The lowest BCUT2D eigenvalue weighted by Gasteiger charge is -2.08. The number of aryl methyl sites for hydroxylation is 1. The summed E-state index contributed by atoms with van der Waals surface area (Å²) >= 11 is 3.43. The first-order valence-corrected chi connectivity index (χ1v) is 6.80. The summed E-state index contributed by atoms with van der Waals surface area (Å²) in [5, 5.41) is 7.08. The highest BCUT2D eigenvalue weighted by molar-refractivity contribution is 9.10. The van der Waals surface area contributed by atoms with Crippen molar-refractivity contribution in [1.82, 2.24) is 15.1 Å². The normalized spacial score (nSPS) is 10.5. The van der Waals surface area contributed by atoms with Crippen LogP contribution >= 0.6 is 15.9 Å². The van der Waals surface area contributed by atoms with E-state index >= 15 is 0 Å². The predicted octanol–water partition coefficient (Wildman–Crippen LogP) is 2.73. The molecule has 19 heavy (non-hydrogen) atoms. The first-order chi connectivity index (χ1) is 9.00. The van der Waals surface area contributed by atoms with Crippen LogP contribution in [-0.4, -0.2) is 15.7 Å². The van der Waals surface area contributed by atoms with Crippen molar-refractivity contribution in [2.45, 2.75) is 20.4 Å². The fourth-order valence-corrected chi connectivity index (χ4v) is 2.21. The van der Waals surface area contributed by atoms with Crippen molar-refractivity contribution < 1.29 is 4.79 Å². The van der Waals surface area contributed by atoms with E-state index in [4.69, 9.17) is 0 Å². The number of hydrogen-bond donors (Lipinski definition) is 1. The van der Waals surface area contributed by atoms with Crippen LogP contribution in [0.1, 0.15) is 27.2 Å². The monoisotopic (exact) mass is 321 g/mol. The molecule has 0 bridgehead atoms. The quantitative estimate of drug-likeness (QED) is 0.944. The van der Waals surface area contributed by atoms with Crippen LogP contribution in [0.5, 0.6) is 0 Å². The molecule has 1 amide bonds. The number of amides is 1. The molecule has 0 unspecified atom stereocenters. The summed E-state index contributed by atoms with van der Waals surface area (Å²) in [7, 11) is 1.89. The third kappa shape index (κ3) is 2.87. The van der Waals surface area contributed by atoms with E-state index in [1.54, 1.807) is 10.9 Å². The highest BCUT2D eigenvalue weighted by atomic mass is 79.9. The number of halogens is 1. The summed E-state index contributed by atoms with van der Waals surface area (Å²) in [6.07, 6.45) is 1.78. The zero-order valence-corrected chi connectivity index (χ0v) is 12.8. The molecule has 4 nitrogen and oxygen atoms in total. The standard InChI is InChI=1S/C14H16BrN3O/c1-9-12(5-4-6-13(9)15)14(19)16-7-11-8-17-18(3)10(11)2/h4-6,8H,7H2,1-3H3,(H,16,19). The summed E-state index contributed by atoms with van der Waals surface area (Å²) in [6, 6.07) is 5.62. The Balaban J connectivity index is 2.10. The molecule has 0 aliphatic rings. The van der Waals surface area contributed by atoms with Gasteiger partial charge in [0.15, 0.2) is 0 Å². The van der Waals surface area contributed by atoms with E-state index in [9.17, 15) is 4.79 Å². The molecule has 0 aliphatic heterocycles. The fraction of sp³-hybridized carbons (Fsp3) is 0.286. The molecule has 1 heterocycles. The number of carbonyl (C=O) groups is 1. The van der Waals surface area contributed by atoms with Gasteiger partial charge in [-0.3, -0.25) is 9.48 Å². The SMILES string of the molecule is Cc1c(Br)cccc1C(=O)NCc1cnn(C)c1C. The van der Waals surface area contributed by atoms with Crippen LogP contribution in [0.3, 0.4) is 0 Å². The van der Waals surface area contributed by atoms with Gasteiger partial charge in [-0.1, -0.05) is 22.0 Å². The lowest BCUT2D eigenvalue weighted by atomic mass is 10.1. The van der Waals surface area contributed by atoms with Crippen molar-refractivity contribution >= 4 is 21.8 Å². The van der Waals surface area contributed by atoms with Crippen LogP contribution < -0.4 is 5.32 Å². The number of rotatable bonds is 3. The number of hydrogen-bond acceptors (Lipinski definition) is 2. The maximum atomic E-state index is 12.1. The van der Waals surface area contributed by atoms with Crippen molar-refractivity contribution in [3.63, 3.8) is 0 Å². The lowest BCUT2D eigenvalue weighted by Crippen LogP contribution is -2.23. The highest BCUT2D eigenvalue weighted by Crippen LogP contribution is 2.19. The van der Waals surface area contributed by atoms with Gasteiger partial charge in [0.2, 0.25) is 0 Å². The van der Waals surface area contributed by atoms with Crippen LogP contribution in [0.25, 0.3) is 0 Å². The second kappa shape index (κ2) is 5.57. The molecule has 0 saturated carbocycles. The number of carbonyl (C=O) groups excluding carboxylic acids is 1. The van der Waals surface area contributed by atoms with Crippen LogP contribution in [-0.2, 0) is 13.6 Å². The Labute approximate surface area is 120 Å². The summed E-state index contributed by atoms with van der Waals surface area (Å²) < 4.78 is 2.74. The van der Waals surface area contributed by atoms with E-state index in [0.717, 1.165) is 21.3 Å². The largest absolute Gasteiger partial charge is 0.348 e. The third-order valence-electron chi connectivity index (χ3n) is 3.29. The van der Waals surface area contributed by atoms with Crippen molar-refractivity contribution in [2.75, 3.05) is 0 Å². The molecule has 0 radical (unpaired) electrons. The first kappa shape index (κ1) is 13.8. The molecule has 2 aromatic rings. The molecule has 0 fully saturated rings. The minimum atomic E-state index is -0.0675. The zero-order valence-electron chi connectivity index (χ0n) is 11.2. The van der Waals surface area contributed by atoms with Gasteiger partial charge in [0.05, 0.1) is 6.20 Å². The minimum absolute atomic E-state index is 0.0675. The van der Waals surface area contributed by atoms with Crippen LogP contribution in [0, 0.1) is 13.8 Å². The van der Waals surface area contributed by atoms with Crippen LogP contribution in [0.2, 0.25) is 0 Å². The highest BCUT2D eigenvalue weighted by Gasteiger charge is 2.11. The topological polar surface area (TPSA) is 46.9 Å². The van der Waals surface area contributed by atoms with Gasteiger partial charge < -0.3 is 5.32 Å². The van der Waals surface area contributed by atoms with Gasteiger partial charge in [-0.05, 0) is 31.5 Å². The Morgan fingerprint density at radius 3 is 2.79 bits per heavy atom. The molecule has 0 saturated heterocycles. The molecular weight excluding hydrogens is 306 g/mol. The molecule has 2 rings (SSSR count). The van der Waals surface area contributed by atoms with Gasteiger partial charge in [0.25, 0.3) is 5.91 Å². The van der Waals surface area contributed by atoms with Gasteiger partial charge in [-0.25, -0.2) is 0 Å². The van der Waals surface area contributed by atoms with Gasteiger partial charge in [0.1, 0.15) is 0 Å². The average molecular weight is 322 g/mol. The van der Waals surface area contributed by atoms with Gasteiger partial charge in [0, 0.05) is 34.9 Å². The summed E-state index contributed by atoms with van der Waals surface area (Å²) in [4.78, 5) is 12.1. The van der Waals surface area contributed by atoms with E-state index in [2.05, 4.69) is 26.3 Å². The van der Waals surface area contributed by atoms with Crippen molar-refractivity contribution in [3.8, 4) is 0 Å². The maximum Gasteiger partial charge on any atom is 0.251 e. The van der Waals surface area contributed by atoms with E-state index in [-0.39, 0.29) is 5.91 Å². The van der Waals surface area contributed by atoms with E-state index in [0.29, 0.717) is 12.1 Å². The molecule has 0 atom stereocenters. The summed E-state index contributed by atoms with van der Waals surface area (Å²) in [5.41, 5.74) is 3.73. The number of aromatic nitrogens is 2. The second-order valence-corrected chi connectivity index (χ2v) is 5.33. The number of benzene rings is 1.